The van der Waals surface area contributed by atoms with Crippen LogP contribution in [0.4, 0.5) is 5.69 Å². The van der Waals surface area contributed by atoms with Crippen LogP contribution in [0.1, 0.15) is 29.8 Å². The molecule has 2 fully saturated rings. The number of pyridine rings is 1. The summed E-state index contributed by atoms with van der Waals surface area (Å²) in [5.41, 5.74) is 6.49. The number of hydrogen-bond acceptors (Lipinski definition) is 4. The van der Waals surface area contributed by atoms with Gasteiger partial charge in [0.2, 0.25) is 0 Å². The molecule has 0 radical (unpaired) electrons. The average molecular weight is 270 g/mol. The molecule has 3 atom stereocenters. The van der Waals surface area contributed by atoms with Gasteiger partial charge in [0.25, 0.3) is 5.91 Å². The molecule has 18 heavy (non-hydrogen) atoms. The van der Waals surface area contributed by atoms with Crippen LogP contribution >= 0.6 is 12.4 Å². The SMILES string of the molecule is Cl.Nc1ccc(C(=O)NC2CC3CCC2O3)nc1. The Bertz CT molecular complexity index is 437. The fourth-order valence-corrected chi connectivity index (χ4v) is 2.57. The molecule has 3 rings (SSSR count). The first-order valence-electron chi connectivity index (χ1n) is 5.90. The van der Waals surface area contributed by atoms with Crippen molar-refractivity contribution >= 4 is 24.0 Å². The van der Waals surface area contributed by atoms with E-state index < -0.39 is 0 Å². The van der Waals surface area contributed by atoms with Crippen molar-refractivity contribution in [3.05, 3.63) is 24.0 Å². The monoisotopic (exact) mass is 269 g/mol. The second-order valence-electron chi connectivity index (χ2n) is 4.67. The minimum Gasteiger partial charge on any atom is -0.397 e. The van der Waals surface area contributed by atoms with E-state index in [4.69, 9.17) is 10.5 Å². The lowest BCUT2D eigenvalue weighted by Crippen LogP contribution is -2.41. The van der Waals surface area contributed by atoms with E-state index in [1.165, 1.54) is 6.20 Å². The van der Waals surface area contributed by atoms with E-state index in [1.807, 2.05) is 0 Å². The lowest BCUT2D eigenvalue weighted by molar-refractivity contribution is 0.0837. The molecule has 5 nitrogen and oxygen atoms in total. The van der Waals surface area contributed by atoms with E-state index in [0.29, 0.717) is 17.5 Å². The number of nitrogens with zero attached hydrogens (tertiary/aromatic N) is 1. The molecule has 0 saturated carbocycles. The van der Waals surface area contributed by atoms with Crippen molar-refractivity contribution in [3.63, 3.8) is 0 Å². The molecule has 2 bridgehead atoms. The molecule has 0 aliphatic carbocycles. The molecule has 98 valence electrons. The molecule has 2 aliphatic heterocycles. The summed E-state index contributed by atoms with van der Waals surface area (Å²) in [7, 11) is 0. The van der Waals surface area contributed by atoms with Crippen molar-refractivity contribution in [2.45, 2.75) is 37.5 Å². The van der Waals surface area contributed by atoms with Gasteiger partial charge in [0.1, 0.15) is 5.69 Å². The third-order valence-electron chi connectivity index (χ3n) is 3.44. The number of carbonyl (C=O) groups is 1. The number of nitrogens with two attached hydrogens (primary N) is 1. The molecule has 6 heteroatoms. The van der Waals surface area contributed by atoms with Gasteiger partial charge in [-0.05, 0) is 31.4 Å². The van der Waals surface area contributed by atoms with Gasteiger partial charge in [0.15, 0.2) is 0 Å². The molecule has 0 spiro atoms. The highest BCUT2D eigenvalue weighted by molar-refractivity contribution is 5.92. The predicted molar refractivity (Wildman–Crippen MR) is 69.7 cm³/mol. The second-order valence-corrected chi connectivity index (χ2v) is 4.67. The van der Waals surface area contributed by atoms with Gasteiger partial charge in [-0.3, -0.25) is 4.79 Å². The van der Waals surface area contributed by atoms with Crippen LogP contribution < -0.4 is 11.1 Å². The molecule has 1 aromatic rings. The largest absolute Gasteiger partial charge is 0.397 e. The van der Waals surface area contributed by atoms with E-state index in [9.17, 15) is 4.79 Å². The molecule has 2 aliphatic rings. The highest BCUT2D eigenvalue weighted by Gasteiger charge is 2.41. The molecule has 3 unspecified atom stereocenters. The maximum atomic E-state index is 11.9. The molecule has 1 aromatic heterocycles. The second kappa shape index (κ2) is 5.12. The highest BCUT2D eigenvalue weighted by atomic mass is 35.5. The Hall–Kier alpha value is -1.33. The van der Waals surface area contributed by atoms with E-state index in [1.54, 1.807) is 12.1 Å². The summed E-state index contributed by atoms with van der Waals surface area (Å²) in [6, 6.07) is 3.46. The Balaban J connectivity index is 0.00000120. The number of hydrogen-bond donors (Lipinski definition) is 2. The smallest absolute Gasteiger partial charge is 0.270 e. The first kappa shape index (κ1) is 13.1. The van der Waals surface area contributed by atoms with Crippen molar-refractivity contribution in [3.8, 4) is 0 Å². The predicted octanol–water partition coefficient (Wildman–Crippen LogP) is 1.14. The number of aromatic nitrogens is 1. The summed E-state index contributed by atoms with van der Waals surface area (Å²) in [4.78, 5) is 15.9. The molecular weight excluding hydrogens is 254 g/mol. The van der Waals surface area contributed by atoms with E-state index >= 15 is 0 Å². The van der Waals surface area contributed by atoms with E-state index in [0.717, 1.165) is 19.3 Å². The number of rotatable bonds is 2. The molecule has 3 heterocycles. The third kappa shape index (κ3) is 2.42. The summed E-state index contributed by atoms with van der Waals surface area (Å²) >= 11 is 0. The Morgan fingerprint density at radius 3 is 2.83 bits per heavy atom. The average Bonchev–Trinajstić information content (AvgIpc) is 2.91. The quantitative estimate of drug-likeness (QED) is 0.844. The molecule has 2 saturated heterocycles. The van der Waals surface area contributed by atoms with Gasteiger partial charge in [0, 0.05) is 0 Å². The number of fused-ring (bicyclic) bond motifs is 2. The summed E-state index contributed by atoms with van der Waals surface area (Å²) in [6.45, 7) is 0. The Morgan fingerprint density at radius 2 is 2.28 bits per heavy atom. The Labute approximate surface area is 112 Å². The lowest BCUT2D eigenvalue weighted by atomic mass is 9.95. The molecule has 1 amide bonds. The maximum absolute atomic E-state index is 11.9. The minimum absolute atomic E-state index is 0. The summed E-state index contributed by atoms with van der Waals surface area (Å²) in [5, 5.41) is 2.98. The van der Waals surface area contributed by atoms with Gasteiger partial charge in [-0.2, -0.15) is 0 Å². The lowest BCUT2D eigenvalue weighted by Gasteiger charge is -2.19. The Morgan fingerprint density at radius 1 is 1.44 bits per heavy atom. The van der Waals surface area contributed by atoms with Crippen molar-refractivity contribution in [1.82, 2.24) is 10.3 Å². The molecular formula is C12H16ClN3O2. The zero-order chi connectivity index (χ0) is 11.8. The standard InChI is InChI=1S/C12H15N3O2.ClH/c13-7-1-3-9(14-6-7)12(16)15-10-5-8-2-4-11(10)17-8;/h1,3,6,8,10-11H,2,4-5,13H2,(H,15,16);1H. The first-order chi connectivity index (χ1) is 8.22. The number of nitrogens with one attached hydrogen (secondary N) is 1. The third-order valence-corrected chi connectivity index (χ3v) is 3.44. The number of ether oxygens (including phenoxy) is 1. The zero-order valence-corrected chi connectivity index (χ0v) is 10.7. The van der Waals surface area contributed by atoms with Crippen LogP contribution in [0.25, 0.3) is 0 Å². The number of halogens is 1. The fourth-order valence-electron chi connectivity index (χ4n) is 2.57. The molecule has 0 aromatic carbocycles. The van der Waals surface area contributed by atoms with Crippen LogP contribution in [-0.4, -0.2) is 29.1 Å². The van der Waals surface area contributed by atoms with Crippen molar-refractivity contribution in [1.29, 1.82) is 0 Å². The van der Waals surface area contributed by atoms with Crippen LogP contribution in [0.15, 0.2) is 18.3 Å². The zero-order valence-electron chi connectivity index (χ0n) is 9.83. The van der Waals surface area contributed by atoms with E-state index in [2.05, 4.69) is 10.3 Å². The van der Waals surface area contributed by atoms with Crippen LogP contribution in [0, 0.1) is 0 Å². The van der Waals surface area contributed by atoms with E-state index in [-0.39, 0.29) is 30.5 Å². The number of amides is 1. The fraction of sp³-hybridized carbons (Fsp3) is 0.500. The van der Waals surface area contributed by atoms with Crippen LogP contribution in [0.3, 0.4) is 0 Å². The van der Waals surface area contributed by atoms with Crippen molar-refractivity contribution in [2.24, 2.45) is 0 Å². The van der Waals surface area contributed by atoms with Crippen LogP contribution in [-0.2, 0) is 4.74 Å². The van der Waals surface area contributed by atoms with Gasteiger partial charge in [-0.15, -0.1) is 12.4 Å². The minimum atomic E-state index is -0.147. The summed E-state index contributed by atoms with van der Waals surface area (Å²) in [5.74, 6) is -0.147. The van der Waals surface area contributed by atoms with Gasteiger partial charge >= 0.3 is 0 Å². The normalized spacial score (nSPS) is 28.8. The number of nitrogen functional groups attached to an aromatic ring is 1. The Kier molecular flexibility index (Phi) is 3.73. The number of anilines is 1. The maximum Gasteiger partial charge on any atom is 0.270 e. The first-order valence-corrected chi connectivity index (χ1v) is 5.90. The van der Waals surface area contributed by atoms with Gasteiger partial charge in [-0.25, -0.2) is 4.98 Å². The topological polar surface area (TPSA) is 77.2 Å². The van der Waals surface area contributed by atoms with Gasteiger partial charge < -0.3 is 15.8 Å². The van der Waals surface area contributed by atoms with Crippen LogP contribution in [0.2, 0.25) is 0 Å². The number of carbonyl (C=O) groups excluding carboxylic acids is 1. The highest BCUT2D eigenvalue weighted by Crippen LogP contribution is 2.34. The summed E-state index contributed by atoms with van der Waals surface area (Å²) < 4.78 is 5.69. The summed E-state index contributed by atoms with van der Waals surface area (Å²) in [6.07, 6.45) is 5.11. The molecule has 3 N–H and O–H groups in total. The van der Waals surface area contributed by atoms with Crippen molar-refractivity contribution in [2.75, 3.05) is 5.73 Å². The van der Waals surface area contributed by atoms with Crippen LogP contribution in [0.5, 0.6) is 0 Å². The van der Waals surface area contributed by atoms with Gasteiger partial charge in [0.05, 0.1) is 30.1 Å². The van der Waals surface area contributed by atoms with Gasteiger partial charge in [-0.1, -0.05) is 0 Å². The van der Waals surface area contributed by atoms with Crippen molar-refractivity contribution < 1.29 is 9.53 Å².